The summed E-state index contributed by atoms with van der Waals surface area (Å²) in [4.78, 5) is 0. The van der Waals surface area contributed by atoms with Crippen molar-refractivity contribution in [2.75, 3.05) is 26.4 Å². The summed E-state index contributed by atoms with van der Waals surface area (Å²) in [5.74, 6) is 0.811. The van der Waals surface area contributed by atoms with Crippen LogP contribution in [0.15, 0.2) is 54.6 Å². The fourth-order valence-electron chi connectivity index (χ4n) is 2.99. The normalized spacial score (nSPS) is 18.7. The van der Waals surface area contributed by atoms with E-state index in [1.165, 1.54) is 0 Å². The summed E-state index contributed by atoms with van der Waals surface area (Å²) in [7, 11) is 0. The van der Waals surface area contributed by atoms with Crippen LogP contribution in [0.25, 0.3) is 0 Å². The van der Waals surface area contributed by atoms with Gasteiger partial charge in [-0.3, -0.25) is 0 Å². The van der Waals surface area contributed by atoms with Gasteiger partial charge in [0.2, 0.25) is 0 Å². The summed E-state index contributed by atoms with van der Waals surface area (Å²) < 4.78 is 17.8. The molecule has 0 saturated carbocycles. The van der Waals surface area contributed by atoms with Crippen LogP contribution in [0.4, 0.5) is 0 Å². The highest BCUT2D eigenvalue weighted by Gasteiger charge is 2.21. The molecule has 1 saturated heterocycles. The van der Waals surface area contributed by atoms with Crippen molar-refractivity contribution in [2.45, 2.75) is 31.5 Å². The maximum absolute atomic E-state index is 8.99. The first kappa shape index (κ1) is 17.9. The number of aliphatic hydroxyl groups is 1. The van der Waals surface area contributed by atoms with E-state index in [4.69, 9.17) is 19.3 Å². The van der Waals surface area contributed by atoms with E-state index in [2.05, 4.69) is 12.1 Å². The molecule has 0 aliphatic carbocycles. The molecule has 2 aromatic rings. The van der Waals surface area contributed by atoms with Crippen LogP contribution < -0.4 is 4.74 Å². The van der Waals surface area contributed by atoms with Crippen molar-refractivity contribution in [1.29, 1.82) is 0 Å². The van der Waals surface area contributed by atoms with Gasteiger partial charge in [0.15, 0.2) is 0 Å². The average Bonchev–Trinajstić information content (AvgIpc) is 2.68. The second kappa shape index (κ2) is 9.56. The van der Waals surface area contributed by atoms with Crippen LogP contribution in [-0.2, 0) is 15.9 Å². The molecule has 2 atom stereocenters. The summed E-state index contributed by atoms with van der Waals surface area (Å²) in [5, 5.41) is 8.99. The maximum atomic E-state index is 8.99. The molecule has 134 valence electrons. The summed E-state index contributed by atoms with van der Waals surface area (Å²) in [5.41, 5.74) is 2.22. The van der Waals surface area contributed by atoms with Crippen molar-refractivity contribution in [3.63, 3.8) is 0 Å². The van der Waals surface area contributed by atoms with E-state index >= 15 is 0 Å². The zero-order chi connectivity index (χ0) is 17.3. The van der Waals surface area contributed by atoms with Crippen LogP contribution in [-0.4, -0.2) is 37.6 Å². The third kappa shape index (κ3) is 5.56. The number of aliphatic hydroxyl groups excluding tert-OH is 1. The van der Waals surface area contributed by atoms with Gasteiger partial charge in [-0.15, -0.1) is 0 Å². The van der Waals surface area contributed by atoms with Crippen LogP contribution in [0.3, 0.4) is 0 Å². The van der Waals surface area contributed by atoms with Crippen molar-refractivity contribution in [3.8, 4) is 5.75 Å². The van der Waals surface area contributed by atoms with Gasteiger partial charge in [-0.25, -0.2) is 0 Å². The lowest BCUT2D eigenvalue weighted by atomic mass is 10.1. The highest BCUT2D eigenvalue weighted by molar-refractivity contribution is 5.27. The Morgan fingerprint density at radius 2 is 1.88 bits per heavy atom. The molecule has 1 aliphatic rings. The van der Waals surface area contributed by atoms with Crippen LogP contribution in [0.1, 0.15) is 30.1 Å². The van der Waals surface area contributed by atoms with E-state index in [9.17, 15) is 0 Å². The molecular weight excluding hydrogens is 316 g/mol. The van der Waals surface area contributed by atoms with Crippen LogP contribution >= 0.6 is 0 Å². The molecule has 4 heteroatoms. The van der Waals surface area contributed by atoms with E-state index in [-0.39, 0.29) is 18.8 Å². The molecule has 0 amide bonds. The molecule has 0 spiro atoms. The molecule has 3 rings (SSSR count). The highest BCUT2D eigenvalue weighted by Crippen LogP contribution is 2.24. The highest BCUT2D eigenvalue weighted by atomic mass is 16.6. The van der Waals surface area contributed by atoms with E-state index < -0.39 is 0 Å². The number of rotatable bonds is 8. The minimum Gasteiger partial charge on any atom is -0.491 e. The van der Waals surface area contributed by atoms with Crippen molar-refractivity contribution >= 4 is 0 Å². The quantitative estimate of drug-likeness (QED) is 0.797. The molecule has 1 fully saturated rings. The van der Waals surface area contributed by atoms with Gasteiger partial charge < -0.3 is 19.3 Å². The van der Waals surface area contributed by atoms with Crippen molar-refractivity contribution in [2.24, 2.45) is 0 Å². The molecular formula is C21H26O4. The standard InChI is InChI=1S/C21H26O4/c22-13-12-17-8-10-19(11-9-17)24-16-21(18-5-2-1-3-6-18)25-20-7-4-14-23-15-20/h1-3,5-6,8-11,20-22H,4,7,12-16H2. The van der Waals surface area contributed by atoms with Gasteiger partial charge in [-0.1, -0.05) is 42.5 Å². The number of hydrogen-bond acceptors (Lipinski definition) is 4. The molecule has 0 bridgehead atoms. The number of benzene rings is 2. The molecule has 1 N–H and O–H groups in total. The molecule has 0 radical (unpaired) electrons. The lowest BCUT2D eigenvalue weighted by Crippen LogP contribution is -2.29. The topological polar surface area (TPSA) is 47.9 Å². The van der Waals surface area contributed by atoms with E-state index in [1.54, 1.807) is 0 Å². The Balaban J connectivity index is 1.62. The molecule has 4 nitrogen and oxygen atoms in total. The predicted octanol–water partition coefficient (Wildman–Crippen LogP) is 3.54. The first-order valence-corrected chi connectivity index (χ1v) is 8.96. The van der Waals surface area contributed by atoms with Gasteiger partial charge in [0.1, 0.15) is 18.5 Å². The van der Waals surface area contributed by atoms with Gasteiger partial charge in [-0.2, -0.15) is 0 Å². The summed E-state index contributed by atoms with van der Waals surface area (Å²) >= 11 is 0. The molecule has 1 heterocycles. The lowest BCUT2D eigenvalue weighted by Gasteiger charge is -2.28. The number of hydrogen-bond donors (Lipinski definition) is 1. The zero-order valence-corrected chi connectivity index (χ0v) is 14.5. The first-order valence-electron chi connectivity index (χ1n) is 8.96. The second-order valence-corrected chi connectivity index (χ2v) is 6.30. The molecule has 1 aliphatic heterocycles. The summed E-state index contributed by atoms with van der Waals surface area (Å²) in [6, 6.07) is 18.0. The smallest absolute Gasteiger partial charge is 0.119 e. The Morgan fingerprint density at radius 1 is 1.08 bits per heavy atom. The monoisotopic (exact) mass is 342 g/mol. The van der Waals surface area contributed by atoms with Crippen molar-refractivity contribution < 1.29 is 19.3 Å². The van der Waals surface area contributed by atoms with E-state index in [0.717, 1.165) is 36.3 Å². The Labute approximate surface area is 149 Å². The minimum absolute atomic E-state index is 0.120. The van der Waals surface area contributed by atoms with Gasteiger partial charge in [0.05, 0.1) is 12.7 Å². The fourth-order valence-corrected chi connectivity index (χ4v) is 2.99. The molecule has 0 aromatic heterocycles. The van der Waals surface area contributed by atoms with Crippen molar-refractivity contribution in [3.05, 3.63) is 65.7 Å². The van der Waals surface area contributed by atoms with Gasteiger partial charge in [0, 0.05) is 13.2 Å². The van der Waals surface area contributed by atoms with E-state index in [1.807, 2.05) is 42.5 Å². The third-order valence-electron chi connectivity index (χ3n) is 4.37. The Hall–Kier alpha value is -1.88. The number of ether oxygens (including phenoxy) is 3. The minimum atomic E-state index is -0.120. The SMILES string of the molecule is OCCc1ccc(OCC(OC2CCCOC2)c2ccccc2)cc1. The maximum Gasteiger partial charge on any atom is 0.119 e. The molecule has 2 unspecified atom stereocenters. The van der Waals surface area contributed by atoms with Gasteiger partial charge in [0.25, 0.3) is 0 Å². The predicted molar refractivity (Wildman–Crippen MR) is 96.8 cm³/mol. The summed E-state index contributed by atoms with van der Waals surface area (Å²) in [6.07, 6.45) is 2.73. The van der Waals surface area contributed by atoms with Crippen LogP contribution in [0, 0.1) is 0 Å². The average molecular weight is 342 g/mol. The van der Waals surface area contributed by atoms with Crippen molar-refractivity contribution in [1.82, 2.24) is 0 Å². The molecule has 2 aromatic carbocycles. The largest absolute Gasteiger partial charge is 0.491 e. The Kier molecular flexibility index (Phi) is 6.86. The van der Waals surface area contributed by atoms with Crippen LogP contribution in [0.2, 0.25) is 0 Å². The van der Waals surface area contributed by atoms with Gasteiger partial charge in [-0.05, 0) is 42.5 Å². The lowest BCUT2D eigenvalue weighted by molar-refractivity contribution is -0.0956. The fraction of sp³-hybridized carbons (Fsp3) is 0.429. The Morgan fingerprint density at radius 3 is 2.56 bits per heavy atom. The second-order valence-electron chi connectivity index (χ2n) is 6.30. The van der Waals surface area contributed by atoms with Crippen LogP contribution in [0.5, 0.6) is 5.75 Å². The molecule has 25 heavy (non-hydrogen) atoms. The first-order chi connectivity index (χ1) is 12.3. The summed E-state index contributed by atoms with van der Waals surface area (Å²) in [6.45, 7) is 2.10. The van der Waals surface area contributed by atoms with Gasteiger partial charge >= 0.3 is 0 Å². The third-order valence-corrected chi connectivity index (χ3v) is 4.37. The van der Waals surface area contributed by atoms with E-state index in [0.29, 0.717) is 19.6 Å². The zero-order valence-electron chi connectivity index (χ0n) is 14.5. The Bertz CT molecular complexity index is 606.